The van der Waals surface area contributed by atoms with E-state index in [-0.39, 0.29) is 0 Å². The average molecular weight is 284 g/mol. The lowest BCUT2D eigenvalue weighted by atomic mass is 9.74. The number of aromatic nitrogens is 3. The number of fused-ring (bicyclic) bond motifs is 1. The van der Waals surface area contributed by atoms with Crippen molar-refractivity contribution in [2.75, 3.05) is 18.0 Å². The van der Waals surface area contributed by atoms with E-state index in [0.717, 1.165) is 41.3 Å². The predicted molar refractivity (Wildman–Crippen MR) is 86.7 cm³/mol. The second-order valence-electron chi connectivity index (χ2n) is 6.40. The molecular weight excluding hydrogens is 260 g/mol. The number of nitrogens with zero attached hydrogens (tertiary/aromatic N) is 4. The van der Waals surface area contributed by atoms with Gasteiger partial charge in [0.25, 0.3) is 0 Å². The van der Waals surface area contributed by atoms with Crippen molar-refractivity contribution in [2.24, 2.45) is 5.41 Å². The zero-order chi connectivity index (χ0) is 15.0. The van der Waals surface area contributed by atoms with Crippen LogP contribution in [-0.2, 0) is 0 Å². The molecule has 4 heteroatoms. The highest BCUT2D eigenvalue weighted by atomic mass is 15.3. The zero-order valence-corrected chi connectivity index (χ0v) is 13.5. The third kappa shape index (κ3) is 2.47. The van der Waals surface area contributed by atoms with Crippen molar-refractivity contribution < 1.29 is 0 Å². The molecule has 112 valence electrons. The summed E-state index contributed by atoms with van der Waals surface area (Å²) in [6.07, 6.45) is 5.71. The number of aryl methyl sites for hydroxylation is 2. The molecule has 1 aliphatic heterocycles. The maximum absolute atomic E-state index is 4.76. The van der Waals surface area contributed by atoms with Crippen LogP contribution in [0.3, 0.4) is 0 Å². The highest BCUT2D eigenvalue weighted by Gasteiger charge is 2.41. The van der Waals surface area contributed by atoms with Gasteiger partial charge in [0, 0.05) is 35.8 Å². The number of hydrogen-bond donors (Lipinski definition) is 0. The molecule has 0 aromatic carbocycles. The Morgan fingerprint density at radius 3 is 2.62 bits per heavy atom. The van der Waals surface area contributed by atoms with Crippen LogP contribution in [0.4, 0.5) is 5.82 Å². The summed E-state index contributed by atoms with van der Waals surface area (Å²) in [5.74, 6) is 1.85. The molecule has 0 aliphatic carbocycles. The Morgan fingerprint density at radius 2 is 1.95 bits per heavy atom. The highest BCUT2D eigenvalue weighted by Crippen LogP contribution is 2.41. The molecule has 0 spiro atoms. The molecular formula is C17H24N4. The minimum atomic E-state index is 0.481. The maximum Gasteiger partial charge on any atom is 0.155 e. The fraction of sp³-hybridized carbons (Fsp3) is 0.588. The van der Waals surface area contributed by atoms with Gasteiger partial charge in [-0.2, -0.15) is 0 Å². The van der Waals surface area contributed by atoms with Gasteiger partial charge in [-0.3, -0.25) is 0 Å². The number of hydrogen-bond acceptors (Lipinski definition) is 4. The number of pyridine rings is 1. The Labute approximate surface area is 126 Å². The summed E-state index contributed by atoms with van der Waals surface area (Å²) in [6.45, 7) is 10.8. The maximum atomic E-state index is 4.76. The fourth-order valence-electron chi connectivity index (χ4n) is 3.46. The van der Waals surface area contributed by atoms with E-state index in [1.807, 2.05) is 20.0 Å². The Kier molecular flexibility index (Phi) is 3.56. The Balaban J connectivity index is 1.96. The van der Waals surface area contributed by atoms with Gasteiger partial charge in [0.1, 0.15) is 11.3 Å². The third-order valence-electron chi connectivity index (χ3n) is 4.68. The molecule has 4 nitrogen and oxygen atoms in total. The highest BCUT2D eigenvalue weighted by molar-refractivity contribution is 5.88. The van der Waals surface area contributed by atoms with Gasteiger partial charge in [0.05, 0.1) is 0 Å². The molecule has 1 fully saturated rings. The first kappa shape index (κ1) is 14.2. The molecule has 0 amide bonds. The molecule has 1 aliphatic rings. The van der Waals surface area contributed by atoms with E-state index in [0.29, 0.717) is 5.41 Å². The zero-order valence-electron chi connectivity index (χ0n) is 13.5. The van der Waals surface area contributed by atoms with Crippen LogP contribution in [-0.4, -0.2) is 28.0 Å². The second kappa shape index (κ2) is 5.24. The van der Waals surface area contributed by atoms with E-state index >= 15 is 0 Å². The first-order chi connectivity index (χ1) is 10.1. The van der Waals surface area contributed by atoms with Gasteiger partial charge in [-0.15, -0.1) is 0 Å². The number of anilines is 1. The Bertz CT molecular complexity index is 659. The summed E-state index contributed by atoms with van der Waals surface area (Å²) in [4.78, 5) is 16.1. The molecule has 0 bridgehead atoms. The minimum Gasteiger partial charge on any atom is -0.354 e. The van der Waals surface area contributed by atoms with Crippen molar-refractivity contribution in [3.8, 4) is 0 Å². The van der Waals surface area contributed by atoms with Crippen LogP contribution in [0.15, 0.2) is 12.3 Å². The molecule has 0 radical (unpaired) electrons. The van der Waals surface area contributed by atoms with Gasteiger partial charge in [0.2, 0.25) is 0 Å². The summed E-state index contributed by atoms with van der Waals surface area (Å²) >= 11 is 0. The van der Waals surface area contributed by atoms with E-state index < -0.39 is 0 Å². The van der Waals surface area contributed by atoms with Crippen molar-refractivity contribution in [3.63, 3.8) is 0 Å². The van der Waals surface area contributed by atoms with Crippen LogP contribution in [0.5, 0.6) is 0 Å². The molecule has 0 N–H and O–H groups in total. The van der Waals surface area contributed by atoms with E-state index in [1.165, 1.54) is 19.3 Å². The van der Waals surface area contributed by atoms with E-state index in [9.17, 15) is 0 Å². The third-order valence-corrected chi connectivity index (χ3v) is 4.68. The standard InChI is InChI=1S/C17H24N4/c1-5-7-17(6-2)10-21(11-17)16-15-14(8-12(3)19-16)9-18-13(4)20-15/h8-9H,5-7,10-11H2,1-4H3. The Hall–Kier alpha value is -1.71. The van der Waals surface area contributed by atoms with Crippen LogP contribution in [0.1, 0.15) is 44.6 Å². The SMILES string of the molecule is CCCC1(CC)CN(c2nc(C)cc3cnc(C)nc23)C1. The van der Waals surface area contributed by atoms with Crippen LogP contribution >= 0.6 is 0 Å². The first-order valence-corrected chi connectivity index (χ1v) is 7.93. The van der Waals surface area contributed by atoms with Crippen molar-refractivity contribution in [2.45, 2.75) is 47.0 Å². The van der Waals surface area contributed by atoms with Gasteiger partial charge in [-0.05, 0) is 32.8 Å². The summed E-state index contributed by atoms with van der Waals surface area (Å²) in [6, 6.07) is 2.07. The lowest BCUT2D eigenvalue weighted by Gasteiger charge is -2.51. The summed E-state index contributed by atoms with van der Waals surface area (Å²) in [7, 11) is 0. The van der Waals surface area contributed by atoms with Gasteiger partial charge in [-0.1, -0.05) is 20.3 Å². The lowest BCUT2D eigenvalue weighted by molar-refractivity contribution is 0.183. The minimum absolute atomic E-state index is 0.481. The average Bonchev–Trinajstić information content (AvgIpc) is 2.42. The molecule has 2 aromatic rings. The van der Waals surface area contributed by atoms with Gasteiger partial charge >= 0.3 is 0 Å². The summed E-state index contributed by atoms with van der Waals surface area (Å²) < 4.78 is 0. The van der Waals surface area contributed by atoms with Crippen LogP contribution in [0.25, 0.3) is 10.9 Å². The molecule has 0 atom stereocenters. The van der Waals surface area contributed by atoms with Gasteiger partial charge in [-0.25, -0.2) is 15.0 Å². The van der Waals surface area contributed by atoms with Crippen molar-refractivity contribution in [1.29, 1.82) is 0 Å². The molecule has 3 heterocycles. The molecule has 0 unspecified atom stereocenters. The van der Waals surface area contributed by atoms with Crippen molar-refractivity contribution in [1.82, 2.24) is 15.0 Å². The molecule has 0 saturated carbocycles. The summed E-state index contributed by atoms with van der Waals surface area (Å²) in [5.41, 5.74) is 2.51. The van der Waals surface area contributed by atoms with E-state index in [1.54, 1.807) is 0 Å². The predicted octanol–water partition coefficient (Wildman–Crippen LogP) is 3.66. The second-order valence-corrected chi connectivity index (χ2v) is 6.40. The normalized spacial score (nSPS) is 17.0. The quantitative estimate of drug-likeness (QED) is 0.859. The van der Waals surface area contributed by atoms with Crippen LogP contribution in [0, 0.1) is 19.3 Å². The Morgan fingerprint density at radius 1 is 1.19 bits per heavy atom. The van der Waals surface area contributed by atoms with Crippen molar-refractivity contribution >= 4 is 16.7 Å². The summed E-state index contributed by atoms with van der Waals surface area (Å²) in [5, 5.41) is 1.09. The fourth-order valence-corrected chi connectivity index (χ4v) is 3.46. The largest absolute Gasteiger partial charge is 0.354 e. The molecule has 1 saturated heterocycles. The van der Waals surface area contributed by atoms with E-state index in [4.69, 9.17) is 4.98 Å². The molecule has 2 aromatic heterocycles. The van der Waals surface area contributed by atoms with Crippen LogP contribution in [0.2, 0.25) is 0 Å². The lowest BCUT2D eigenvalue weighted by Crippen LogP contribution is -2.56. The molecule has 21 heavy (non-hydrogen) atoms. The smallest absolute Gasteiger partial charge is 0.155 e. The molecule has 3 rings (SSSR count). The van der Waals surface area contributed by atoms with Gasteiger partial charge in [0.15, 0.2) is 5.82 Å². The first-order valence-electron chi connectivity index (χ1n) is 7.93. The van der Waals surface area contributed by atoms with Crippen LogP contribution < -0.4 is 4.90 Å². The topological polar surface area (TPSA) is 41.9 Å². The monoisotopic (exact) mass is 284 g/mol. The van der Waals surface area contributed by atoms with E-state index in [2.05, 4.69) is 34.8 Å². The van der Waals surface area contributed by atoms with Crippen molar-refractivity contribution in [3.05, 3.63) is 23.8 Å². The van der Waals surface area contributed by atoms with Gasteiger partial charge < -0.3 is 4.90 Å². The number of rotatable bonds is 4.